The second-order valence-electron chi connectivity index (χ2n) is 4.74. The summed E-state index contributed by atoms with van der Waals surface area (Å²) in [6, 6.07) is 8.48. The van der Waals surface area contributed by atoms with Crippen LogP contribution >= 0.6 is 0 Å². The molecule has 1 aromatic heterocycles. The van der Waals surface area contributed by atoms with Gasteiger partial charge in [0, 0.05) is 18.7 Å². The van der Waals surface area contributed by atoms with Crippen LogP contribution in [0.15, 0.2) is 47.4 Å². The normalized spacial score (nSPS) is 10.8. The molecule has 21 heavy (non-hydrogen) atoms. The number of nitro groups is 1. The molecule has 0 radical (unpaired) electrons. The quantitative estimate of drug-likeness (QED) is 0.624. The van der Waals surface area contributed by atoms with Gasteiger partial charge in [-0.1, -0.05) is 12.1 Å². The van der Waals surface area contributed by atoms with Gasteiger partial charge in [0.1, 0.15) is 5.82 Å². The Kier molecular flexibility index (Phi) is 4.44. The van der Waals surface area contributed by atoms with Crippen LogP contribution in [0, 0.1) is 15.9 Å². The van der Waals surface area contributed by atoms with E-state index in [1.54, 1.807) is 24.1 Å². The largest absolute Gasteiger partial charge is 0.295 e. The molecule has 2 aromatic rings. The van der Waals surface area contributed by atoms with Crippen LogP contribution in [0.1, 0.15) is 5.56 Å². The second kappa shape index (κ2) is 6.27. The molecule has 6 nitrogen and oxygen atoms in total. The van der Waals surface area contributed by atoms with Crippen LogP contribution in [0.2, 0.25) is 0 Å². The molecular weight excluding hydrogens is 277 g/mol. The second-order valence-corrected chi connectivity index (χ2v) is 4.74. The molecule has 0 bridgehead atoms. The Morgan fingerprint density at radius 2 is 2.10 bits per heavy atom. The van der Waals surface area contributed by atoms with Crippen LogP contribution in [-0.2, 0) is 13.2 Å². The van der Waals surface area contributed by atoms with Crippen LogP contribution in [0.4, 0.5) is 10.1 Å². The summed E-state index contributed by atoms with van der Waals surface area (Å²) in [6.07, 6.45) is 1.20. The highest BCUT2D eigenvalue weighted by atomic mass is 19.1. The van der Waals surface area contributed by atoms with Crippen molar-refractivity contribution >= 4 is 5.69 Å². The predicted octanol–water partition coefficient (Wildman–Crippen LogP) is 1.99. The lowest BCUT2D eigenvalue weighted by Gasteiger charge is -2.18. The number of hydrogen-bond donors (Lipinski definition) is 0. The molecule has 0 unspecified atom stereocenters. The minimum Gasteiger partial charge on any atom is -0.295 e. The molecule has 0 fully saturated rings. The van der Waals surface area contributed by atoms with Crippen molar-refractivity contribution in [2.75, 3.05) is 7.05 Å². The van der Waals surface area contributed by atoms with Crippen molar-refractivity contribution in [2.45, 2.75) is 13.2 Å². The highest BCUT2D eigenvalue weighted by Crippen LogP contribution is 2.09. The fourth-order valence-electron chi connectivity index (χ4n) is 1.99. The summed E-state index contributed by atoms with van der Waals surface area (Å²) in [4.78, 5) is 23.6. The monoisotopic (exact) mass is 291 g/mol. The fraction of sp³-hybridized carbons (Fsp3) is 0.214. The molecule has 1 aromatic carbocycles. The highest BCUT2D eigenvalue weighted by molar-refractivity contribution is 5.24. The van der Waals surface area contributed by atoms with Gasteiger partial charge < -0.3 is 0 Å². The summed E-state index contributed by atoms with van der Waals surface area (Å²) >= 11 is 0. The topological polar surface area (TPSA) is 68.4 Å². The maximum absolute atomic E-state index is 13.1. The zero-order chi connectivity index (χ0) is 15.4. The molecule has 0 saturated heterocycles. The fourth-order valence-corrected chi connectivity index (χ4v) is 1.99. The van der Waals surface area contributed by atoms with Crippen molar-refractivity contribution in [3.63, 3.8) is 0 Å². The Bertz CT molecular complexity index is 715. The van der Waals surface area contributed by atoms with E-state index >= 15 is 0 Å². The highest BCUT2D eigenvalue weighted by Gasteiger charge is 2.09. The Morgan fingerprint density at radius 3 is 2.76 bits per heavy atom. The Balaban J connectivity index is 2.12. The van der Waals surface area contributed by atoms with E-state index in [0.717, 1.165) is 11.6 Å². The van der Waals surface area contributed by atoms with Crippen molar-refractivity contribution in [2.24, 2.45) is 0 Å². The lowest BCUT2D eigenvalue weighted by atomic mass is 10.2. The smallest absolute Gasteiger partial charge is 0.285 e. The van der Waals surface area contributed by atoms with Gasteiger partial charge in [-0.2, -0.15) is 0 Å². The Labute approximate surface area is 120 Å². The van der Waals surface area contributed by atoms with Crippen molar-refractivity contribution < 1.29 is 9.31 Å². The molecule has 0 spiro atoms. The predicted molar refractivity (Wildman–Crippen MR) is 75.2 cm³/mol. The van der Waals surface area contributed by atoms with E-state index < -0.39 is 4.92 Å². The summed E-state index contributed by atoms with van der Waals surface area (Å²) in [5, 5.41) is 10.7. The van der Waals surface area contributed by atoms with Crippen LogP contribution in [-0.4, -0.2) is 21.4 Å². The SMILES string of the molecule is CN(Cc1cccc(F)c1)Cn1cc([N+](=O)[O-])ccc1=O. The summed E-state index contributed by atoms with van der Waals surface area (Å²) < 4.78 is 14.3. The third-order valence-corrected chi connectivity index (χ3v) is 2.91. The molecule has 0 N–H and O–H groups in total. The molecule has 1 heterocycles. The first-order valence-corrected chi connectivity index (χ1v) is 6.23. The number of aromatic nitrogens is 1. The molecule has 0 aliphatic heterocycles. The number of rotatable bonds is 5. The van der Waals surface area contributed by atoms with Gasteiger partial charge in [-0.3, -0.25) is 24.4 Å². The first kappa shape index (κ1) is 14.9. The van der Waals surface area contributed by atoms with Gasteiger partial charge in [-0.05, 0) is 24.7 Å². The molecular formula is C14H14FN3O3. The first-order chi connectivity index (χ1) is 9.95. The van der Waals surface area contributed by atoms with Gasteiger partial charge in [0.2, 0.25) is 0 Å². The van der Waals surface area contributed by atoms with Gasteiger partial charge in [-0.15, -0.1) is 0 Å². The van der Waals surface area contributed by atoms with Crippen molar-refractivity contribution in [1.82, 2.24) is 9.47 Å². The third-order valence-electron chi connectivity index (χ3n) is 2.91. The summed E-state index contributed by atoms with van der Waals surface area (Å²) in [5.41, 5.74) is 0.288. The Hall–Kier alpha value is -2.54. The summed E-state index contributed by atoms with van der Waals surface area (Å²) in [6.45, 7) is 0.601. The average molecular weight is 291 g/mol. The maximum Gasteiger partial charge on any atom is 0.285 e. The van der Waals surface area contributed by atoms with Crippen molar-refractivity contribution in [3.05, 3.63) is 74.4 Å². The van der Waals surface area contributed by atoms with Gasteiger partial charge in [0.15, 0.2) is 0 Å². The number of pyridine rings is 1. The van der Waals surface area contributed by atoms with E-state index in [4.69, 9.17) is 0 Å². The molecule has 0 amide bonds. The minimum atomic E-state index is -0.553. The number of nitrogens with zero attached hydrogens (tertiary/aromatic N) is 3. The molecule has 110 valence electrons. The zero-order valence-electron chi connectivity index (χ0n) is 11.4. The molecule has 2 rings (SSSR count). The lowest BCUT2D eigenvalue weighted by molar-refractivity contribution is -0.385. The minimum absolute atomic E-state index is 0.145. The molecule has 7 heteroatoms. The van der Waals surface area contributed by atoms with E-state index in [-0.39, 0.29) is 23.7 Å². The van der Waals surface area contributed by atoms with E-state index in [1.807, 2.05) is 0 Å². The van der Waals surface area contributed by atoms with E-state index in [0.29, 0.717) is 6.54 Å². The van der Waals surface area contributed by atoms with Gasteiger partial charge in [0.05, 0.1) is 17.8 Å². The van der Waals surface area contributed by atoms with Crippen molar-refractivity contribution in [3.8, 4) is 0 Å². The van der Waals surface area contributed by atoms with E-state index in [2.05, 4.69) is 0 Å². The van der Waals surface area contributed by atoms with Crippen LogP contribution in [0.25, 0.3) is 0 Å². The van der Waals surface area contributed by atoms with Crippen LogP contribution < -0.4 is 5.56 Å². The molecule has 0 saturated carbocycles. The van der Waals surface area contributed by atoms with Crippen LogP contribution in [0.5, 0.6) is 0 Å². The number of halogens is 1. The maximum atomic E-state index is 13.1. The first-order valence-electron chi connectivity index (χ1n) is 6.23. The van der Waals surface area contributed by atoms with Gasteiger partial charge in [0.25, 0.3) is 11.2 Å². The average Bonchev–Trinajstić information content (AvgIpc) is 2.41. The van der Waals surface area contributed by atoms with E-state index in [1.165, 1.54) is 29.0 Å². The summed E-state index contributed by atoms with van der Waals surface area (Å²) in [5.74, 6) is -0.326. The Morgan fingerprint density at radius 1 is 1.33 bits per heavy atom. The number of benzene rings is 1. The lowest BCUT2D eigenvalue weighted by Crippen LogP contribution is -2.29. The van der Waals surface area contributed by atoms with E-state index in [9.17, 15) is 19.3 Å². The number of hydrogen-bond acceptors (Lipinski definition) is 4. The summed E-state index contributed by atoms with van der Waals surface area (Å²) in [7, 11) is 1.75. The van der Waals surface area contributed by atoms with Crippen molar-refractivity contribution in [1.29, 1.82) is 0 Å². The molecule has 0 aliphatic rings. The van der Waals surface area contributed by atoms with Gasteiger partial charge >= 0.3 is 0 Å². The zero-order valence-corrected chi connectivity index (χ0v) is 11.4. The third kappa shape index (κ3) is 3.96. The van der Waals surface area contributed by atoms with Gasteiger partial charge in [-0.25, -0.2) is 4.39 Å². The molecule has 0 atom stereocenters. The standard InChI is InChI=1S/C14H14FN3O3/c1-16(8-11-3-2-4-12(15)7-11)10-17-9-13(18(20)21)5-6-14(17)19/h2-7,9H,8,10H2,1H3. The molecule has 0 aliphatic carbocycles. The van der Waals surface area contributed by atoms with Crippen LogP contribution in [0.3, 0.4) is 0 Å².